The molecule has 6 heteroatoms. The summed E-state index contributed by atoms with van der Waals surface area (Å²) in [4.78, 5) is 0. The Balaban J connectivity index is 2.04. The Morgan fingerprint density at radius 1 is 1.28 bits per heavy atom. The fourth-order valence-electron chi connectivity index (χ4n) is 1.51. The summed E-state index contributed by atoms with van der Waals surface area (Å²) >= 11 is 0. The van der Waals surface area contributed by atoms with Crippen molar-refractivity contribution in [1.82, 2.24) is 15.5 Å². The van der Waals surface area contributed by atoms with Gasteiger partial charge in [-0.3, -0.25) is 0 Å². The maximum absolute atomic E-state index is 12.7. The molecular formula is C12H15FN4O. The number of anilines is 2. The minimum absolute atomic E-state index is 0.00580. The predicted octanol–water partition coefficient (Wildman–Crippen LogP) is 2.62. The topological polar surface area (TPSA) is 63.0 Å². The van der Waals surface area contributed by atoms with Crippen LogP contribution >= 0.6 is 0 Å². The Labute approximate surface area is 104 Å². The van der Waals surface area contributed by atoms with Gasteiger partial charge < -0.3 is 15.1 Å². The molecule has 2 rings (SSSR count). The van der Waals surface area contributed by atoms with Gasteiger partial charge in [0.05, 0.1) is 6.04 Å². The highest BCUT2D eigenvalue weighted by Gasteiger charge is 2.12. The molecule has 0 saturated heterocycles. The molecule has 96 valence electrons. The van der Waals surface area contributed by atoms with E-state index in [0.717, 1.165) is 6.54 Å². The van der Waals surface area contributed by atoms with Gasteiger partial charge in [-0.1, -0.05) is 12.0 Å². The average molecular weight is 250 g/mol. The molecule has 2 N–H and O–H groups in total. The number of benzene rings is 1. The first-order valence-electron chi connectivity index (χ1n) is 5.78. The number of hydrogen-bond acceptors (Lipinski definition) is 5. The number of hydrogen-bond donors (Lipinski definition) is 2. The van der Waals surface area contributed by atoms with Crippen LogP contribution in [0.1, 0.15) is 25.8 Å². The third kappa shape index (κ3) is 3.04. The molecule has 0 saturated carbocycles. The smallest absolute Gasteiger partial charge is 0.320 e. The van der Waals surface area contributed by atoms with Crippen LogP contribution in [0.15, 0.2) is 28.7 Å². The van der Waals surface area contributed by atoms with Crippen molar-refractivity contribution >= 4 is 11.7 Å². The van der Waals surface area contributed by atoms with Crippen molar-refractivity contribution < 1.29 is 8.81 Å². The van der Waals surface area contributed by atoms with Crippen molar-refractivity contribution in [2.75, 3.05) is 11.9 Å². The lowest BCUT2D eigenvalue weighted by atomic mass is 10.3. The zero-order valence-corrected chi connectivity index (χ0v) is 10.3. The zero-order chi connectivity index (χ0) is 13.0. The molecule has 0 aliphatic rings. The maximum atomic E-state index is 12.7. The molecule has 18 heavy (non-hydrogen) atoms. The lowest BCUT2D eigenvalue weighted by Gasteiger charge is -2.05. The van der Waals surface area contributed by atoms with Gasteiger partial charge in [-0.15, -0.1) is 5.10 Å². The van der Waals surface area contributed by atoms with Gasteiger partial charge in [0.2, 0.25) is 5.89 Å². The second kappa shape index (κ2) is 5.59. The SMILES string of the molecule is CCNC(C)c1nnc(Nc2ccc(F)cc2)o1. The molecule has 0 radical (unpaired) electrons. The van der Waals surface area contributed by atoms with Gasteiger partial charge in [-0.25, -0.2) is 4.39 Å². The molecule has 1 atom stereocenters. The Bertz CT molecular complexity index is 497. The van der Waals surface area contributed by atoms with Gasteiger partial charge in [0, 0.05) is 5.69 Å². The van der Waals surface area contributed by atoms with E-state index in [1.807, 2.05) is 13.8 Å². The van der Waals surface area contributed by atoms with Gasteiger partial charge in [0.25, 0.3) is 0 Å². The van der Waals surface area contributed by atoms with E-state index in [-0.39, 0.29) is 11.9 Å². The van der Waals surface area contributed by atoms with E-state index in [0.29, 0.717) is 17.6 Å². The third-order valence-corrected chi connectivity index (χ3v) is 2.42. The molecule has 1 aromatic heterocycles. The third-order valence-electron chi connectivity index (χ3n) is 2.42. The summed E-state index contributed by atoms with van der Waals surface area (Å²) in [6.07, 6.45) is 0. The minimum Gasteiger partial charge on any atom is -0.406 e. The molecule has 1 heterocycles. The number of nitrogens with one attached hydrogen (secondary N) is 2. The normalized spacial score (nSPS) is 12.4. The number of rotatable bonds is 5. The van der Waals surface area contributed by atoms with Crippen molar-refractivity contribution in [1.29, 1.82) is 0 Å². The number of halogens is 1. The quantitative estimate of drug-likeness (QED) is 0.854. The molecule has 0 aliphatic heterocycles. The summed E-state index contributed by atoms with van der Waals surface area (Å²) < 4.78 is 18.2. The van der Waals surface area contributed by atoms with E-state index in [4.69, 9.17) is 4.42 Å². The van der Waals surface area contributed by atoms with E-state index in [1.54, 1.807) is 12.1 Å². The van der Waals surface area contributed by atoms with Gasteiger partial charge >= 0.3 is 6.01 Å². The monoisotopic (exact) mass is 250 g/mol. The van der Waals surface area contributed by atoms with Gasteiger partial charge in [-0.2, -0.15) is 0 Å². The first kappa shape index (κ1) is 12.5. The second-order valence-electron chi connectivity index (χ2n) is 3.86. The zero-order valence-electron chi connectivity index (χ0n) is 10.3. The van der Waals surface area contributed by atoms with Crippen LogP contribution in [0.2, 0.25) is 0 Å². The number of nitrogens with zero attached hydrogens (tertiary/aromatic N) is 2. The molecule has 0 amide bonds. The molecule has 0 spiro atoms. The summed E-state index contributed by atoms with van der Waals surface area (Å²) in [6.45, 7) is 4.77. The predicted molar refractivity (Wildman–Crippen MR) is 66.1 cm³/mol. The van der Waals surface area contributed by atoms with Crippen molar-refractivity contribution in [2.24, 2.45) is 0 Å². The average Bonchev–Trinajstić information content (AvgIpc) is 2.81. The Morgan fingerprint density at radius 3 is 2.67 bits per heavy atom. The highest BCUT2D eigenvalue weighted by Crippen LogP contribution is 2.18. The van der Waals surface area contributed by atoms with Gasteiger partial charge in [-0.05, 0) is 37.7 Å². The standard InChI is InChI=1S/C12H15FN4O/c1-3-14-8(2)11-16-17-12(18-11)15-10-6-4-9(13)5-7-10/h4-8,14H,3H2,1-2H3,(H,15,17). The molecule has 1 aromatic carbocycles. The number of aromatic nitrogens is 2. The van der Waals surface area contributed by atoms with Crippen LogP contribution in [0.25, 0.3) is 0 Å². The fraction of sp³-hybridized carbons (Fsp3) is 0.333. The molecular weight excluding hydrogens is 235 g/mol. The van der Waals surface area contributed by atoms with Crippen LogP contribution in [-0.2, 0) is 0 Å². The van der Waals surface area contributed by atoms with Crippen LogP contribution in [0.3, 0.4) is 0 Å². The Hall–Kier alpha value is -1.95. The summed E-state index contributed by atoms with van der Waals surface area (Å²) in [5, 5.41) is 13.9. The van der Waals surface area contributed by atoms with E-state index in [1.165, 1.54) is 12.1 Å². The van der Waals surface area contributed by atoms with Gasteiger partial charge in [0.15, 0.2) is 0 Å². The van der Waals surface area contributed by atoms with Crippen molar-refractivity contribution in [3.8, 4) is 0 Å². The van der Waals surface area contributed by atoms with Crippen molar-refractivity contribution in [3.05, 3.63) is 36.0 Å². The minimum atomic E-state index is -0.285. The van der Waals surface area contributed by atoms with Crippen LogP contribution < -0.4 is 10.6 Å². The van der Waals surface area contributed by atoms with E-state index < -0.39 is 0 Å². The van der Waals surface area contributed by atoms with E-state index in [9.17, 15) is 4.39 Å². The summed E-state index contributed by atoms with van der Waals surface area (Å²) in [6, 6.07) is 6.23. The van der Waals surface area contributed by atoms with Crippen LogP contribution in [-0.4, -0.2) is 16.7 Å². The molecule has 2 aromatic rings. The van der Waals surface area contributed by atoms with E-state index in [2.05, 4.69) is 20.8 Å². The Morgan fingerprint density at radius 2 is 2.00 bits per heavy atom. The van der Waals surface area contributed by atoms with Crippen LogP contribution in [0.4, 0.5) is 16.1 Å². The summed E-state index contributed by atoms with van der Waals surface area (Å²) in [5.74, 6) is 0.231. The Kier molecular flexibility index (Phi) is 3.88. The molecule has 0 aliphatic carbocycles. The molecule has 0 fully saturated rings. The molecule has 0 bridgehead atoms. The van der Waals surface area contributed by atoms with Crippen LogP contribution in [0.5, 0.6) is 0 Å². The largest absolute Gasteiger partial charge is 0.406 e. The second-order valence-corrected chi connectivity index (χ2v) is 3.86. The molecule has 1 unspecified atom stereocenters. The molecule has 5 nitrogen and oxygen atoms in total. The first-order valence-corrected chi connectivity index (χ1v) is 5.78. The highest BCUT2D eigenvalue weighted by molar-refractivity contribution is 5.51. The van der Waals surface area contributed by atoms with E-state index >= 15 is 0 Å². The maximum Gasteiger partial charge on any atom is 0.320 e. The van der Waals surface area contributed by atoms with Crippen molar-refractivity contribution in [2.45, 2.75) is 19.9 Å². The summed E-state index contributed by atoms with van der Waals surface area (Å²) in [7, 11) is 0. The lowest BCUT2D eigenvalue weighted by Crippen LogP contribution is -2.17. The van der Waals surface area contributed by atoms with Crippen molar-refractivity contribution in [3.63, 3.8) is 0 Å². The highest BCUT2D eigenvalue weighted by atomic mass is 19.1. The first-order chi connectivity index (χ1) is 8.69. The summed E-state index contributed by atoms with van der Waals surface area (Å²) in [5.41, 5.74) is 0.697. The fourth-order valence-corrected chi connectivity index (χ4v) is 1.51. The lowest BCUT2D eigenvalue weighted by molar-refractivity contribution is 0.430. The van der Waals surface area contributed by atoms with Crippen LogP contribution in [0, 0.1) is 5.82 Å². The van der Waals surface area contributed by atoms with Gasteiger partial charge in [0.1, 0.15) is 5.82 Å².